The van der Waals surface area contributed by atoms with Crippen molar-refractivity contribution in [1.82, 2.24) is 9.78 Å². The Hall–Kier alpha value is -1.32. The molecule has 1 N–H and O–H groups in total. The van der Waals surface area contributed by atoms with E-state index in [-0.39, 0.29) is 0 Å². The van der Waals surface area contributed by atoms with Gasteiger partial charge in [0.2, 0.25) is 0 Å². The Morgan fingerprint density at radius 1 is 1.77 bits per heavy atom. The molecular weight excluding hydrogens is 168 g/mol. The molecule has 0 atom stereocenters. The van der Waals surface area contributed by atoms with E-state index in [4.69, 9.17) is 5.11 Å². The second-order valence-corrected chi connectivity index (χ2v) is 3.78. The molecule has 1 aliphatic rings. The second kappa shape index (κ2) is 2.58. The summed E-state index contributed by atoms with van der Waals surface area (Å²) in [5.74, 6) is -0.670. The molecule has 0 unspecified atom stereocenters. The van der Waals surface area contributed by atoms with E-state index in [0.29, 0.717) is 6.42 Å². The lowest BCUT2D eigenvalue weighted by molar-refractivity contribution is -0.143. The van der Waals surface area contributed by atoms with Crippen molar-refractivity contribution in [1.29, 1.82) is 0 Å². The number of carboxylic acids is 1. The fourth-order valence-corrected chi connectivity index (χ4v) is 1.57. The van der Waals surface area contributed by atoms with Gasteiger partial charge in [-0.3, -0.25) is 9.48 Å². The number of aliphatic carboxylic acids is 1. The lowest BCUT2D eigenvalue weighted by Crippen LogP contribution is -2.17. The average molecular weight is 180 g/mol. The topological polar surface area (TPSA) is 55.1 Å². The zero-order valence-corrected chi connectivity index (χ0v) is 7.53. The van der Waals surface area contributed by atoms with Gasteiger partial charge in [-0.15, -0.1) is 0 Å². The third-order valence-electron chi connectivity index (χ3n) is 2.61. The van der Waals surface area contributed by atoms with Crippen LogP contribution in [-0.4, -0.2) is 20.9 Å². The number of nitrogens with zero attached hydrogens (tertiary/aromatic N) is 2. The van der Waals surface area contributed by atoms with Crippen LogP contribution in [0.2, 0.25) is 0 Å². The molecule has 0 aromatic carbocycles. The molecule has 1 aliphatic carbocycles. The van der Waals surface area contributed by atoms with Gasteiger partial charge in [0.25, 0.3) is 0 Å². The van der Waals surface area contributed by atoms with Crippen LogP contribution in [0.15, 0.2) is 12.4 Å². The number of hydrogen-bond acceptors (Lipinski definition) is 2. The number of carboxylic acid groups (broad SMARTS) is 1. The smallest absolute Gasteiger partial charge is 0.309 e. The van der Waals surface area contributed by atoms with E-state index in [2.05, 4.69) is 5.10 Å². The van der Waals surface area contributed by atoms with Gasteiger partial charge in [-0.1, -0.05) is 0 Å². The summed E-state index contributed by atoms with van der Waals surface area (Å²) >= 11 is 0. The summed E-state index contributed by atoms with van der Waals surface area (Å²) < 4.78 is 1.70. The summed E-state index contributed by atoms with van der Waals surface area (Å²) in [6.45, 7) is 0. The largest absolute Gasteiger partial charge is 0.481 e. The normalized spacial score (nSPS) is 18.5. The maximum Gasteiger partial charge on any atom is 0.309 e. The molecule has 70 valence electrons. The molecule has 2 rings (SSSR count). The van der Waals surface area contributed by atoms with Crippen LogP contribution in [0.3, 0.4) is 0 Å². The number of rotatable bonds is 3. The van der Waals surface area contributed by atoms with Gasteiger partial charge >= 0.3 is 5.97 Å². The first kappa shape index (κ1) is 8.29. The van der Waals surface area contributed by atoms with Crippen LogP contribution in [0.25, 0.3) is 0 Å². The summed E-state index contributed by atoms with van der Waals surface area (Å²) in [5, 5.41) is 13.0. The Balaban J connectivity index is 2.10. The summed E-state index contributed by atoms with van der Waals surface area (Å²) in [6, 6.07) is 0. The second-order valence-electron chi connectivity index (χ2n) is 3.78. The van der Waals surface area contributed by atoms with Crippen molar-refractivity contribution in [2.24, 2.45) is 12.5 Å². The summed E-state index contributed by atoms with van der Waals surface area (Å²) in [4.78, 5) is 10.9. The van der Waals surface area contributed by atoms with Crippen molar-refractivity contribution in [3.8, 4) is 0 Å². The van der Waals surface area contributed by atoms with Crippen molar-refractivity contribution in [2.75, 3.05) is 0 Å². The summed E-state index contributed by atoms with van der Waals surface area (Å²) in [7, 11) is 1.84. The highest BCUT2D eigenvalue weighted by Gasteiger charge is 2.50. The lowest BCUT2D eigenvalue weighted by Gasteiger charge is -2.06. The molecule has 0 bridgehead atoms. The first-order chi connectivity index (χ1) is 6.12. The fraction of sp³-hybridized carbons (Fsp3) is 0.556. The van der Waals surface area contributed by atoms with Crippen LogP contribution in [0.1, 0.15) is 18.4 Å². The Bertz CT molecular complexity index is 339. The number of aromatic nitrogens is 2. The monoisotopic (exact) mass is 180 g/mol. The molecule has 1 fully saturated rings. The highest BCUT2D eigenvalue weighted by atomic mass is 16.4. The highest BCUT2D eigenvalue weighted by molar-refractivity contribution is 5.78. The minimum absolute atomic E-state index is 0.469. The van der Waals surface area contributed by atoms with Gasteiger partial charge in [-0.05, 0) is 24.8 Å². The molecule has 1 saturated carbocycles. The van der Waals surface area contributed by atoms with Gasteiger partial charge in [0.1, 0.15) is 0 Å². The van der Waals surface area contributed by atoms with Crippen molar-refractivity contribution >= 4 is 5.97 Å². The standard InChI is InChI=1S/C9H12N2O2/c1-11-6-7(5-10-11)4-9(2-3-9)8(12)13/h5-6H,2-4H2,1H3,(H,12,13). The molecule has 4 heteroatoms. The highest BCUT2D eigenvalue weighted by Crippen LogP contribution is 2.48. The zero-order chi connectivity index (χ0) is 9.47. The van der Waals surface area contributed by atoms with E-state index in [1.54, 1.807) is 10.9 Å². The SMILES string of the molecule is Cn1cc(CC2(C(=O)O)CC2)cn1. The van der Waals surface area contributed by atoms with Crippen molar-refractivity contribution in [3.63, 3.8) is 0 Å². The molecule has 1 aromatic heterocycles. The maximum atomic E-state index is 10.9. The summed E-state index contributed by atoms with van der Waals surface area (Å²) in [5.41, 5.74) is 0.547. The van der Waals surface area contributed by atoms with Crippen LogP contribution in [-0.2, 0) is 18.3 Å². The van der Waals surface area contributed by atoms with E-state index in [1.807, 2.05) is 13.2 Å². The van der Waals surface area contributed by atoms with Crippen LogP contribution in [0.5, 0.6) is 0 Å². The first-order valence-corrected chi connectivity index (χ1v) is 4.33. The predicted molar refractivity (Wildman–Crippen MR) is 46.2 cm³/mol. The Morgan fingerprint density at radius 3 is 2.85 bits per heavy atom. The maximum absolute atomic E-state index is 10.9. The summed E-state index contributed by atoms with van der Waals surface area (Å²) in [6.07, 6.45) is 5.84. The van der Waals surface area contributed by atoms with E-state index < -0.39 is 11.4 Å². The molecule has 0 radical (unpaired) electrons. The van der Waals surface area contributed by atoms with Gasteiger partial charge in [-0.25, -0.2) is 0 Å². The van der Waals surface area contributed by atoms with Gasteiger partial charge in [-0.2, -0.15) is 5.10 Å². The van der Waals surface area contributed by atoms with Gasteiger partial charge in [0, 0.05) is 13.2 Å². The predicted octanol–water partition coefficient (Wildman–Crippen LogP) is 0.827. The fourth-order valence-electron chi connectivity index (χ4n) is 1.57. The minimum atomic E-state index is -0.670. The molecule has 0 saturated heterocycles. The third-order valence-corrected chi connectivity index (χ3v) is 2.61. The van der Waals surface area contributed by atoms with E-state index in [1.165, 1.54) is 0 Å². The number of aryl methyl sites for hydroxylation is 1. The van der Waals surface area contributed by atoms with Crippen LogP contribution in [0, 0.1) is 5.41 Å². The van der Waals surface area contributed by atoms with Gasteiger partial charge in [0.15, 0.2) is 0 Å². The Labute approximate surface area is 76.2 Å². The molecule has 4 nitrogen and oxygen atoms in total. The lowest BCUT2D eigenvalue weighted by atomic mass is 9.99. The van der Waals surface area contributed by atoms with Crippen LogP contribution >= 0.6 is 0 Å². The molecule has 0 spiro atoms. The zero-order valence-electron chi connectivity index (χ0n) is 7.53. The van der Waals surface area contributed by atoms with Gasteiger partial charge < -0.3 is 5.11 Å². The third kappa shape index (κ3) is 1.43. The average Bonchev–Trinajstić information content (AvgIpc) is 2.72. The Kier molecular flexibility index (Phi) is 1.65. The minimum Gasteiger partial charge on any atom is -0.481 e. The van der Waals surface area contributed by atoms with Crippen molar-refractivity contribution in [3.05, 3.63) is 18.0 Å². The molecular formula is C9H12N2O2. The Morgan fingerprint density at radius 2 is 2.46 bits per heavy atom. The van der Waals surface area contributed by atoms with Crippen molar-refractivity contribution < 1.29 is 9.90 Å². The number of hydrogen-bond donors (Lipinski definition) is 1. The molecule has 1 aromatic rings. The molecule has 1 heterocycles. The van der Waals surface area contributed by atoms with Crippen molar-refractivity contribution in [2.45, 2.75) is 19.3 Å². The quantitative estimate of drug-likeness (QED) is 0.749. The van der Waals surface area contributed by atoms with E-state index in [0.717, 1.165) is 18.4 Å². The van der Waals surface area contributed by atoms with Crippen LogP contribution in [0.4, 0.5) is 0 Å². The van der Waals surface area contributed by atoms with E-state index in [9.17, 15) is 4.79 Å². The molecule has 0 aliphatic heterocycles. The van der Waals surface area contributed by atoms with E-state index >= 15 is 0 Å². The number of carbonyl (C=O) groups is 1. The van der Waals surface area contributed by atoms with Crippen LogP contribution < -0.4 is 0 Å². The molecule has 13 heavy (non-hydrogen) atoms. The van der Waals surface area contributed by atoms with Gasteiger partial charge in [0.05, 0.1) is 11.6 Å². The first-order valence-electron chi connectivity index (χ1n) is 4.33. The molecule has 0 amide bonds.